The Labute approximate surface area is 105 Å². The average molecular weight is 240 g/mol. The molecule has 2 aromatic rings. The molecule has 0 aliphatic heterocycles. The van der Waals surface area contributed by atoms with Crippen LogP contribution in [0.5, 0.6) is 0 Å². The van der Waals surface area contributed by atoms with E-state index >= 15 is 0 Å². The van der Waals surface area contributed by atoms with Gasteiger partial charge in [-0.05, 0) is 24.3 Å². The van der Waals surface area contributed by atoms with Crippen LogP contribution in [0, 0.1) is 11.8 Å². The molecule has 18 heavy (non-hydrogen) atoms. The van der Waals surface area contributed by atoms with Crippen molar-refractivity contribution in [2.24, 2.45) is 0 Å². The Morgan fingerprint density at radius 2 is 1.00 bits per heavy atom. The maximum Gasteiger partial charge on any atom is 0.503 e. The number of carboxylic acid groups (broad SMARTS) is 2. The van der Waals surface area contributed by atoms with Crippen LogP contribution in [0.2, 0.25) is 0 Å². The van der Waals surface area contributed by atoms with Crippen LogP contribution >= 0.6 is 0 Å². The van der Waals surface area contributed by atoms with Gasteiger partial charge in [-0.3, -0.25) is 0 Å². The molecular formula is C15H12O3. The Bertz CT molecular complexity index is 489. The maximum atomic E-state index is 8.56. The van der Waals surface area contributed by atoms with Gasteiger partial charge in [0.1, 0.15) is 0 Å². The predicted molar refractivity (Wildman–Crippen MR) is 69.5 cm³/mol. The Balaban J connectivity index is 0.000000357. The number of hydrogen-bond donors (Lipinski definition) is 2. The monoisotopic (exact) mass is 240 g/mol. The lowest BCUT2D eigenvalue weighted by molar-refractivity contribution is 0.137. The van der Waals surface area contributed by atoms with E-state index in [2.05, 4.69) is 11.8 Å². The lowest BCUT2D eigenvalue weighted by Crippen LogP contribution is -1.81. The van der Waals surface area contributed by atoms with Gasteiger partial charge < -0.3 is 10.2 Å². The van der Waals surface area contributed by atoms with Gasteiger partial charge in [0.2, 0.25) is 0 Å². The number of rotatable bonds is 0. The molecule has 3 nitrogen and oxygen atoms in total. The van der Waals surface area contributed by atoms with Crippen molar-refractivity contribution in [3.05, 3.63) is 71.8 Å². The molecule has 0 aliphatic carbocycles. The summed E-state index contributed by atoms with van der Waals surface area (Å²) in [6.07, 6.45) is -1.83. The zero-order valence-corrected chi connectivity index (χ0v) is 9.58. The first-order chi connectivity index (χ1) is 8.68. The highest BCUT2D eigenvalue weighted by Gasteiger charge is 1.83. The molecular weight excluding hydrogens is 228 g/mol. The molecule has 0 radical (unpaired) electrons. The van der Waals surface area contributed by atoms with Gasteiger partial charge in [-0.15, -0.1) is 0 Å². The second-order valence-electron chi connectivity index (χ2n) is 3.26. The van der Waals surface area contributed by atoms with Crippen molar-refractivity contribution in [1.29, 1.82) is 0 Å². The highest BCUT2D eigenvalue weighted by atomic mass is 16.6. The lowest BCUT2D eigenvalue weighted by atomic mass is 10.2. The molecule has 3 heteroatoms. The normalized spacial score (nSPS) is 8.22. The highest BCUT2D eigenvalue weighted by Crippen LogP contribution is 1.98. The molecule has 2 N–H and O–H groups in total. The van der Waals surface area contributed by atoms with E-state index in [0.29, 0.717) is 0 Å². The van der Waals surface area contributed by atoms with Crippen LogP contribution in [0.3, 0.4) is 0 Å². The minimum Gasteiger partial charge on any atom is -0.450 e. The van der Waals surface area contributed by atoms with E-state index in [0.717, 1.165) is 11.1 Å². The molecule has 0 spiro atoms. The van der Waals surface area contributed by atoms with Crippen molar-refractivity contribution >= 4 is 6.16 Å². The summed E-state index contributed by atoms with van der Waals surface area (Å²) in [6, 6.07) is 20.0. The zero-order valence-electron chi connectivity index (χ0n) is 9.58. The molecule has 0 atom stereocenters. The fourth-order valence-electron chi connectivity index (χ4n) is 1.19. The largest absolute Gasteiger partial charge is 0.503 e. The second-order valence-corrected chi connectivity index (χ2v) is 3.26. The first kappa shape index (κ1) is 13.3. The quantitative estimate of drug-likeness (QED) is 0.694. The maximum absolute atomic E-state index is 8.56. The van der Waals surface area contributed by atoms with Crippen molar-refractivity contribution in [2.45, 2.75) is 0 Å². The zero-order chi connectivity index (χ0) is 13.2. The van der Waals surface area contributed by atoms with Gasteiger partial charge in [-0.2, -0.15) is 0 Å². The molecule has 0 saturated carbocycles. The minimum absolute atomic E-state index is 1.05. The van der Waals surface area contributed by atoms with Gasteiger partial charge in [-0.1, -0.05) is 48.2 Å². The Kier molecular flexibility index (Phi) is 5.58. The molecule has 2 rings (SSSR count). The summed E-state index contributed by atoms with van der Waals surface area (Å²) in [4.78, 5) is 8.56. The summed E-state index contributed by atoms with van der Waals surface area (Å²) in [7, 11) is 0. The van der Waals surface area contributed by atoms with Crippen LogP contribution in [0.1, 0.15) is 11.1 Å². The molecule has 2 aromatic carbocycles. The van der Waals surface area contributed by atoms with Gasteiger partial charge in [0, 0.05) is 11.1 Å². The third-order valence-electron chi connectivity index (χ3n) is 1.90. The molecule has 0 bridgehead atoms. The predicted octanol–water partition coefficient (Wildman–Crippen LogP) is 3.31. The van der Waals surface area contributed by atoms with Crippen molar-refractivity contribution < 1.29 is 15.0 Å². The molecule has 0 heterocycles. The van der Waals surface area contributed by atoms with E-state index in [-0.39, 0.29) is 0 Å². The van der Waals surface area contributed by atoms with E-state index in [1.807, 2.05) is 60.7 Å². The fraction of sp³-hybridized carbons (Fsp3) is 0. The van der Waals surface area contributed by atoms with Gasteiger partial charge >= 0.3 is 6.16 Å². The molecule has 0 aliphatic rings. The van der Waals surface area contributed by atoms with Crippen molar-refractivity contribution in [2.75, 3.05) is 0 Å². The van der Waals surface area contributed by atoms with Crippen LogP contribution in [-0.4, -0.2) is 16.4 Å². The number of benzene rings is 2. The average Bonchev–Trinajstić information content (AvgIpc) is 2.38. The van der Waals surface area contributed by atoms with Crippen molar-refractivity contribution in [3.63, 3.8) is 0 Å². The SMILES string of the molecule is C(#Cc1ccccc1)c1ccccc1.O=C(O)O. The molecule has 0 amide bonds. The Morgan fingerprint density at radius 3 is 1.28 bits per heavy atom. The summed E-state index contributed by atoms with van der Waals surface area (Å²) >= 11 is 0. The number of hydrogen-bond acceptors (Lipinski definition) is 1. The highest BCUT2D eigenvalue weighted by molar-refractivity contribution is 5.53. The van der Waals surface area contributed by atoms with Crippen LogP contribution < -0.4 is 0 Å². The first-order valence-corrected chi connectivity index (χ1v) is 5.22. The van der Waals surface area contributed by atoms with Crippen molar-refractivity contribution in [1.82, 2.24) is 0 Å². The van der Waals surface area contributed by atoms with Gasteiger partial charge in [0.25, 0.3) is 0 Å². The Morgan fingerprint density at radius 1 is 0.722 bits per heavy atom. The van der Waals surface area contributed by atoms with Crippen molar-refractivity contribution in [3.8, 4) is 11.8 Å². The van der Waals surface area contributed by atoms with E-state index in [9.17, 15) is 0 Å². The lowest BCUT2D eigenvalue weighted by Gasteiger charge is -1.88. The molecule has 90 valence electrons. The summed E-state index contributed by atoms with van der Waals surface area (Å²) < 4.78 is 0. The molecule has 0 aromatic heterocycles. The third kappa shape index (κ3) is 5.99. The summed E-state index contributed by atoms with van der Waals surface area (Å²) in [6.45, 7) is 0. The minimum atomic E-state index is -1.83. The van der Waals surface area contributed by atoms with E-state index < -0.39 is 6.16 Å². The van der Waals surface area contributed by atoms with Crippen LogP contribution in [0.4, 0.5) is 4.79 Å². The summed E-state index contributed by atoms with van der Waals surface area (Å²) in [5.41, 5.74) is 2.10. The molecule has 0 unspecified atom stereocenters. The van der Waals surface area contributed by atoms with Gasteiger partial charge in [0.15, 0.2) is 0 Å². The van der Waals surface area contributed by atoms with Gasteiger partial charge in [-0.25, -0.2) is 4.79 Å². The van der Waals surface area contributed by atoms with Crippen LogP contribution in [-0.2, 0) is 0 Å². The van der Waals surface area contributed by atoms with E-state index in [1.54, 1.807) is 0 Å². The topological polar surface area (TPSA) is 57.5 Å². The third-order valence-corrected chi connectivity index (χ3v) is 1.90. The second kappa shape index (κ2) is 7.53. The van der Waals surface area contributed by atoms with Gasteiger partial charge in [0.05, 0.1) is 0 Å². The van der Waals surface area contributed by atoms with E-state index in [4.69, 9.17) is 15.0 Å². The summed E-state index contributed by atoms with van der Waals surface area (Å²) in [5.74, 6) is 6.22. The fourth-order valence-corrected chi connectivity index (χ4v) is 1.19. The summed E-state index contributed by atoms with van der Waals surface area (Å²) in [5, 5.41) is 13.9. The Hall–Kier alpha value is -2.73. The van der Waals surface area contributed by atoms with E-state index in [1.165, 1.54) is 0 Å². The molecule has 0 fully saturated rings. The standard InChI is InChI=1S/C14H10.CH2O3/c1-3-7-13(8-4-1)11-12-14-9-5-2-6-10-14;2-1(3)4/h1-10H;(H2,2,3,4). The smallest absolute Gasteiger partial charge is 0.450 e. The molecule has 0 saturated heterocycles. The van der Waals surface area contributed by atoms with Crippen LogP contribution in [0.25, 0.3) is 0 Å². The number of carbonyl (C=O) groups is 1. The van der Waals surface area contributed by atoms with Crippen LogP contribution in [0.15, 0.2) is 60.7 Å². The first-order valence-electron chi connectivity index (χ1n) is 5.22.